The van der Waals surface area contributed by atoms with Gasteiger partial charge in [0.2, 0.25) is 0 Å². The zero-order valence-electron chi connectivity index (χ0n) is 13.3. The van der Waals surface area contributed by atoms with Gasteiger partial charge in [0.15, 0.2) is 6.61 Å². The van der Waals surface area contributed by atoms with E-state index in [2.05, 4.69) is 6.58 Å². The Labute approximate surface area is 137 Å². The second-order valence-electron chi connectivity index (χ2n) is 5.21. The van der Waals surface area contributed by atoms with Crippen LogP contribution in [0.4, 0.5) is 13.2 Å². The fourth-order valence-electron chi connectivity index (χ4n) is 2.21. The SMILES string of the molecule is C=CCN(CC(F)(F)F)C(=O)c1cc(C)c(OCC(=O)O)c(C)c1. The van der Waals surface area contributed by atoms with Gasteiger partial charge in [-0.2, -0.15) is 13.2 Å². The summed E-state index contributed by atoms with van der Waals surface area (Å²) in [5.74, 6) is -1.65. The van der Waals surface area contributed by atoms with Crippen LogP contribution in [0, 0.1) is 13.8 Å². The van der Waals surface area contributed by atoms with Gasteiger partial charge in [-0.3, -0.25) is 4.79 Å². The molecule has 0 heterocycles. The Bertz CT molecular complexity index is 618. The third-order valence-corrected chi connectivity index (χ3v) is 3.05. The number of rotatable bonds is 7. The third-order valence-electron chi connectivity index (χ3n) is 3.05. The minimum absolute atomic E-state index is 0.0683. The number of alkyl halides is 3. The van der Waals surface area contributed by atoms with Crippen LogP contribution in [0.5, 0.6) is 5.75 Å². The van der Waals surface area contributed by atoms with Gasteiger partial charge in [-0.1, -0.05) is 6.08 Å². The summed E-state index contributed by atoms with van der Waals surface area (Å²) in [6, 6.07) is 2.75. The molecule has 0 aromatic heterocycles. The molecule has 0 saturated carbocycles. The Morgan fingerprint density at radius 3 is 2.25 bits per heavy atom. The second-order valence-corrected chi connectivity index (χ2v) is 5.21. The van der Waals surface area contributed by atoms with E-state index in [9.17, 15) is 22.8 Å². The zero-order chi connectivity index (χ0) is 18.5. The highest BCUT2D eigenvalue weighted by molar-refractivity contribution is 5.95. The number of halogens is 3. The number of nitrogens with zero attached hydrogens (tertiary/aromatic N) is 1. The van der Waals surface area contributed by atoms with E-state index in [1.807, 2.05) is 0 Å². The van der Waals surface area contributed by atoms with E-state index < -0.39 is 31.2 Å². The van der Waals surface area contributed by atoms with Gasteiger partial charge in [0.1, 0.15) is 12.3 Å². The molecular formula is C16H18F3NO4. The molecule has 1 aromatic carbocycles. The standard InChI is InChI=1S/C16H18F3NO4/c1-4-5-20(9-16(17,18)19)15(23)12-6-10(2)14(11(3)7-12)24-8-13(21)22/h4,6-7H,1,5,8-9H2,2-3H3,(H,21,22). The van der Waals surface area contributed by atoms with E-state index in [0.29, 0.717) is 21.8 Å². The predicted octanol–water partition coefficient (Wildman–Crippen LogP) is 2.96. The fraction of sp³-hybridized carbons (Fsp3) is 0.375. The summed E-state index contributed by atoms with van der Waals surface area (Å²) in [4.78, 5) is 23.5. The number of carboxylic acids is 1. The highest BCUT2D eigenvalue weighted by Crippen LogP contribution is 2.26. The molecule has 0 unspecified atom stereocenters. The van der Waals surface area contributed by atoms with Gasteiger partial charge in [-0.05, 0) is 37.1 Å². The smallest absolute Gasteiger partial charge is 0.406 e. The van der Waals surface area contributed by atoms with Crippen LogP contribution in [0.1, 0.15) is 21.5 Å². The molecule has 1 rings (SSSR count). The summed E-state index contributed by atoms with van der Waals surface area (Å²) in [5, 5.41) is 8.64. The molecule has 132 valence electrons. The number of benzene rings is 1. The number of carboxylic acid groups (broad SMARTS) is 1. The molecule has 8 heteroatoms. The lowest BCUT2D eigenvalue weighted by atomic mass is 10.0. The number of carbonyl (C=O) groups excluding carboxylic acids is 1. The van der Waals surface area contributed by atoms with E-state index in [1.54, 1.807) is 13.8 Å². The Hall–Kier alpha value is -2.51. The summed E-state index contributed by atoms with van der Waals surface area (Å²) >= 11 is 0. The van der Waals surface area contributed by atoms with Crippen LogP contribution in [-0.4, -0.2) is 47.8 Å². The quantitative estimate of drug-likeness (QED) is 0.772. The normalized spacial score (nSPS) is 11.0. The average Bonchev–Trinajstić information content (AvgIpc) is 2.43. The van der Waals surface area contributed by atoms with Crippen molar-refractivity contribution in [3.63, 3.8) is 0 Å². The molecule has 1 aromatic rings. The number of carbonyl (C=O) groups is 2. The molecule has 0 fully saturated rings. The molecule has 5 nitrogen and oxygen atoms in total. The topological polar surface area (TPSA) is 66.8 Å². The van der Waals surface area contributed by atoms with Crippen molar-refractivity contribution >= 4 is 11.9 Å². The molecule has 0 aliphatic rings. The van der Waals surface area contributed by atoms with E-state index in [0.717, 1.165) is 0 Å². The van der Waals surface area contributed by atoms with E-state index in [4.69, 9.17) is 9.84 Å². The molecule has 0 aliphatic heterocycles. The van der Waals surface area contributed by atoms with Gasteiger partial charge in [-0.25, -0.2) is 4.79 Å². The Kier molecular flexibility index (Phi) is 6.39. The Morgan fingerprint density at radius 2 is 1.83 bits per heavy atom. The van der Waals surface area contributed by atoms with Gasteiger partial charge in [0.25, 0.3) is 5.91 Å². The monoisotopic (exact) mass is 345 g/mol. The molecule has 0 aliphatic carbocycles. The molecule has 24 heavy (non-hydrogen) atoms. The summed E-state index contributed by atoms with van der Waals surface area (Å²) in [6.07, 6.45) is -3.30. The molecule has 0 atom stereocenters. The Morgan fingerprint density at radius 1 is 1.29 bits per heavy atom. The van der Waals surface area contributed by atoms with Crippen molar-refractivity contribution in [2.75, 3.05) is 19.7 Å². The minimum atomic E-state index is -4.52. The lowest BCUT2D eigenvalue weighted by Gasteiger charge is -2.23. The van der Waals surface area contributed by atoms with Gasteiger partial charge in [0, 0.05) is 12.1 Å². The van der Waals surface area contributed by atoms with Crippen LogP contribution in [0.2, 0.25) is 0 Å². The van der Waals surface area contributed by atoms with E-state index in [1.165, 1.54) is 18.2 Å². The van der Waals surface area contributed by atoms with Gasteiger partial charge in [-0.15, -0.1) is 6.58 Å². The van der Waals surface area contributed by atoms with Gasteiger partial charge >= 0.3 is 12.1 Å². The molecule has 1 amide bonds. The Balaban J connectivity index is 3.09. The van der Waals surface area contributed by atoms with Crippen LogP contribution < -0.4 is 4.74 Å². The first kappa shape index (κ1) is 19.5. The first-order valence-electron chi connectivity index (χ1n) is 6.98. The maximum Gasteiger partial charge on any atom is 0.406 e. The molecule has 0 spiro atoms. The van der Waals surface area contributed by atoms with Crippen LogP contribution in [0.15, 0.2) is 24.8 Å². The zero-order valence-corrected chi connectivity index (χ0v) is 13.3. The highest BCUT2D eigenvalue weighted by atomic mass is 19.4. The van der Waals surface area contributed by atoms with Crippen molar-refractivity contribution in [3.8, 4) is 5.75 Å². The summed E-state index contributed by atoms with van der Waals surface area (Å²) in [7, 11) is 0. The lowest BCUT2D eigenvalue weighted by molar-refractivity contribution is -0.140. The maximum absolute atomic E-state index is 12.6. The number of ether oxygens (including phenoxy) is 1. The summed E-state index contributed by atoms with van der Waals surface area (Å²) < 4.78 is 42.9. The predicted molar refractivity (Wildman–Crippen MR) is 81.2 cm³/mol. The van der Waals surface area contributed by atoms with Crippen LogP contribution >= 0.6 is 0 Å². The number of aliphatic carboxylic acids is 1. The number of hydrogen-bond donors (Lipinski definition) is 1. The molecular weight excluding hydrogens is 327 g/mol. The van der Waals surface area contributed by atoms with Gasteiger partial charge in [0.05, 0.1) is 0 Å². The fourth-order valence-corrected chi connectivity index (χ4v) is 2.21. The van der Waals surface area contributed by atoms with Gasteiger partial charge < -0.3 is 14.7 Å². The van der Waals surface area contributed by atoms with E-state index in [-0.39, 0.29) is 12.1 Å². The first-order chi connectivity index (χ1) is 11.0. The lowest BCUT2D eigenvalue weighted by Crippen LogP contribution is -2.39. The van der Waals surface area contributed by atoms with Crippen molar-refractivity contribution in [1.82, 2.24) is 4.90 Å². The second kappa shape index (κ2) is 7.85. The maximum atomic E-state index is 12.6. The molecule has 1 N–H and O–H groups in total. The molecule has 0 radical (unpaired) electrons. The van der Waals surface area contributed by atoms with Crippen molar-refractivity contribution < 1.29 is 32.6 Å². The largest absolute Gasteiger partial charge is 0.481 e. The van der Waals surface area contributed by atoms with Crippen molar-refractivity contribution in [1.29, 1.82) is 0 Å². The number of hydrogen-bond acceptors (Lipinski definition) is 3. The van der Waals surface area contributed by atoms with Crippen LogP contribution in [0.3, 0.4) is 0 Å². The number of amides is 1. The first-order valence-corrected chi connectivity index (χ1v) is 6.98. The third kappa shape index (κ3) is 5.60. The molecule has 0 bridgehead atoms. The summed E-state index contributed by atoms with van der Waals surface area (Å²) in [5.41, 5.74) is 0.995. The van der Waals surface area contributed by atoms with Crippen LogP contribution in [-0.2, 0) is 4.79 Å². The summed E-state index contributed by atoms with van der Waals surface area (Å²) in [6.45, 7) is 4.36. The number of aryl methyl sites for hydroxylation is 2. The van der Waals surface area contributed by atoms with Crippen molar-refractivity contribution in [2.24, 2.45) is 0 Å². The highest BCUT2D eigenvalue weighted by Gasteiger charge is 2.33. The van der Waals surface area contributed by atoms with Crippen molar-refractivity contribution in [2.45, 2.75) is 20.0 Å². The minimum Gasteiger partial charge on any atom is -0.481 e. The van der Waals surface area contributed by atoms with E-state index >= 15 is 0 Å². The average molecular weight is 345 g/mol. The van der Waals surface area contributed by atoms with Crippen molar-refractivity contribution in [3.05, 3.63) is 41.5 Å². The van der Waals surface area contributed by atoms with Crippen LogP contribution in [0.25, 0.3) is 0 Å². The molecule has 0 saturated heterocycles.